The molecule has 9 heteroatoms. The van der Waals surface area contributed by atoms with E-state index in [1.54, 1.807) is 42.5 Å². The number of aryl methyl sites for hydroxylation is 1. The fourth-order valence-electron chi connectivity index (χ4n) is 4.38. The average Bonchev–Trinajstić information content (AvgIpc) is 3.23. The lowest BCUT2D eigenvalue weighted by Crippen LogP contribution is -2.31. The van der Waals surface area contributed by atoms with Crippen LogP contribution in [0.4, 0.5) is 0 Å². The molecule has 192 valence electrons. The molecule has 0 aliphatic rings. The second kappa shape index (κ2) is 9.93. The van der Waals surface area contributed by atoms with Gasteiger partial charge in [0.15, 0.2) is 5.78 Å². The number of hydrogen-bond acceptors (Lipinski definition) is 5. The van der Waals surface area contributed by atoms with Gasteiger partial charge in [-0.3, -0.25) is 19.0 Å². The van der Waals surface area contributed by atoms with Crippen molar-refractivity contribution in [3.05, 3.63) is 116 Å². The smallest absolute Gasteiger partial charge is 0.350 e. The van der Waals surface area contributed by atoms with Crippen molar-refractivity contribution in [2.24, 2.45) is 0 Å². The zero-order valence-corrected chi connectivity index (χ0v) is 21.3. The summed E-state index contributed by atoms with van der Waals surface area (Å²) < 4.78 is 3.79. The molecule has 0 saturated heterocycles. The van der Waals surface area contributed by atoms with Gasteiger partial charge in [-0.2, -0.15) is 0 Å². The predicted molar refractivity (Wildman–Crippen MR) is 145 cm³/mol. The second-order valence-electron chi connectivity index (χ2n) is 9.60. The first-order valence-corrected chi connectivity index (χ1v) is 12.3. The number of nitrogens with one attached hydrogen (secondary N) is 1. The van der Waals surface area contributed by atoms with Crippen LogP contribution in [0.25, 0.3) is 16.7 Å². The number of ketones is 1. The summed E-state index contributed by atoms with van der Waals surface area (Å²) in [7, 11) is 0. The van der Waals surface area contributed by atoms with Crippen LogP contribution in [-0.4, -0.2) is 36.5 Å². The molecule has 0 saturated carbocycles. The third-order valence-electron chi connectivity index (χ3n) is 6.31. The number of amides is 1. The van der Waals surface area contributed by atoms with E-state index in [2.05, 4.69) is 10.4 Å². The van der Waals surface area contributed by atoms with Crippen molar-refractivity contribution in [3.63, 3.8) is 0 Å². The fraction of sp³-hybridized carbons (Fsp3) is 0.207. The van der Waals surface area contributed by atoms with Gasteiger partial charge in [0.25, 0.3) is 11.5 Å². The molecule has 3 aromatic carbocycles. The van der Waals surface area contributed by atoms with Gasteiger partial charge in [0.2, 0.25) is 5.78 Å². The number of fused-ring (bicyclic) bond motifs is 3. The second-order valence-corrected chi connectivity index (χ2v) is 9.60. The Hall–Kier alpha value is -4.79. The summed E-state index contributed by atoms with van der Waals surface area (Å²) >= 11 is 0. The highest BCUT2D eigenvalue weighted by Crippen LogP contribution is 2.16. The summed E-state index contributed by atoms with van der Waals surface area (Å²) in [5, 5.41) is 7.52. The Bertz CT molecular complexity index is 1800. The van der Waals surface area contributed by atoms with E-state index in [-0.39, 0.29) is 53.1 Å². The first-order valence-electron chi connectivity index (χ1n) is 12.3. The van der Waals surface area contributed by atoms with Crippen LogP contribution in [0.3, 0.4) is 0 Å². The third-order valence-corrected chi connectivity index (χ3v) is 6.31. The number of hydrogen-bond donors (Lipinski definition) is 1. The van der Waals surface area contributed by atoms with Crippen molar-refractivity contribution >= 4 is 28.4 Å². The average molecular weight is 510 g/mol. The van der Waals surface area contributed by atoms with Crippen molar-refractivity contribution in [2.75, 3.05) is 0 Å². The number of benzene rings is 3. The molecule has 0 fully saturated rings. The minimum absolute atomic E-state index is 0.0878. The van der Waals surface area contributed by atoms with Gasteiger partial charge in [-0.05, 0) is 44.5 Å². The summed E-state index contributed by atoms with van der Waals surface area (Å²) in [6.07, 6.45) is 0. The topological polar surface area (TPSA) is 107 Å². The summed E-state index contributed by atoms with van der Waals surface area (Å²) in [6, 6.07) is 20.9. The van der Waals surface area contributed by atoms with Crippen molar-refractivity contribution in [3.8, 4) is 0 Å². The van der Waals surface area contributed by atoms with Gasteiger partial charge in [-0.15, -0.1) is 5.10 Å². The molecule has 2 aromatic heterocycles. The highest BCUT2D eigenvalue weighted by Gasteiger charge is 2.21. The summed E-state index contributed by atoms with van der Waals surface area (Å²) in [6.45, 7) is 5.55. The van der Waals surface area contributed by atoms with Gasteiger partial charge in [0.1, 0.15) is 6.54 Å². The van der Waals surface area contributed by atoms with Crippen LogP contribution in [0.1, 0.15) is 45.7 Å². The molecule has 0 bridgehead atoms. The lowest BCUT2D eigenvalue weighted by Gasteiger charge is -2.12. The lowest BCUT2D eigenvalue weighted by molar-refractivity contribution is 0.0940. The number of carbonyl (C=O) groups excluding carboxylic acids is 2. The Morgan fingerprint density at radius 2 is 1.63 bits per heavy atom. The lowest BCUT2D eigenvalue weighted by atomic mass is 10.1. The van der Waals surface area contributed by atoms with E-state index in [1.165, 1.54) is 15.0 Å². The quantitative estimate of drug-likeness (QED) is 0.339. The highest BCUT2D eigenvalue weighted by atomic mass is 16.2. The molecule has 0 aliphatic heterocycles. The first kappa shape index (κ1) is 24.9. The molecule has 5 rings (SSSR count). The van der Waals surface area contributed by atoms with Crippen LogP contribution in [-0.2, 0) is 13.1 Å². The molecule has 1 N–H and O–H groups in total. The number of aromatic nitrogens is 4. The summed E-state index contributed by atoms with van der Waals surface area (Å²) in [4.78, 5) is 52.9. The van der Waals surface area contributed by atoms with Gasteiger partial charge in [-0.1, -0.05) is 60.2 Å². The molecule has 2 heterocycles. The molecule has 5 aromatic rings. The van der Waals surface area contributed by atoms with E-state index in [4.69, 9.17) is 0 Å². The van der Waals surface area contributed by atoms with Crippen molar-refractivity contribution in [1.82, 2.24) is 24.1 Å². The molecular formula is C29H27N5O4. The van der Waals surface area contributed by atoms with Crippen LogP contribution in [0.15, 0.2) is 82.4 Å². The van der Waals surface area contributed by atoms with E-state index in [1.807, 2.05) is 45.0 Å². The zero-order chi connectivity index (χ0) is 27.0. The van der Waals surface area contributed by atoms with Crippen LogP contribution >= 0.6 is 0 Å². The largest absolute Gasteiger partial charge is 0.352 e. The first-order chi connectivity index (χ1) is 18.2. The minimum atomic E-state index is -0.576. The van der Waals surface area contributed by atoms with Crippen molar-refractivity contribution in [1.29, 1.82) is 0 Å². The molecule has 0 aliphatic carbocycles. The van der Waals surface area contributed by atoms with E-state index in [0.717, 1.165) is 15.8 Å². The van der Waals surface area contributed by atoms with Gasteiger partial charge in [0.05, 0.1) is 17.4 Å². The van der Waals surface area contributed by atoms with Crippen molar-refractivity contribution in [2.45, 2.75) is 39.9 Å². The van der Waals surface area contributed by atoms with Gasteiger partial charge in [-0.25, -0.2) is 13.9 Å². The molecule has 0 atom stereocenters. The third kappa shape index (κ3) is 4.66. The van der Waals surface area contributed by atoms with Gasteiger partial charge < -0.3 is 5.32 Å². The maximum Gasteiger partial charge on any atom is 0.352 e. The Morgan fingerprint density at radius 1 is 0.921 bits per heavy atom. The maximum atomic E-state index is 13.7. The highest BCUT2D eigenvalue weighted by molar-refractivity contribution is 5.98. The molecule has 9 nitrogen and oxygen atoms in total. The van der Waals surface area contributed by atoms with Crippen LogP contribution in [0.2, 0.25) is 0 Å². The number of rotatable bonds is 7. The number of nitrogens with zero attached hydrogens (tertiary/aromatic N) is 4. The van der Waals surface area contributed by atoms with Crippen LogP contribution < -0.4 is 16.6 Å². The Labute approximate surface area is 218 Å². The zero-order valence-electron chi connectivity index (χ0n) is 21.3. The SMILES string of the molecule is Cc1ccc(Cn2c(=O)c3ccc(C(=O)NC(C)C)cc3n3c(=O)n(CC(=O)c4ccccc4)nc23)cc1. The predicted octanol–water partition coefficient (Wildman–Crippen LogP) is 3.19. The number of Topliss-reactive ketones (excluding diaryl/α,β-unsaturated/α-hetero) is 1. The summed E-state index contributed by atoms with van der Waals surface area (Å²) in [5.74, 6) is -0.515. The van der Waals surface area contributed by atoms with E-state index in [9.17, 15) is 19.2 Å². The van der Waals surface area contributed by atoms with Crippen LogP contribution in [0, 0.1) is 6.92 Å². The standard InChI is InChI=1S/C29H27N5O4/c1-18(2)30-26(36)22-13-14-23-24(15-22)34-28(32(27(23)37)16-20-11-9-19(3)10-12-20)31-33(29(34)38)17-25(35)21-7-5-4-6-8-21/h4-15,18H,16-17H2,1-3H3,(H,30,36). The normalized spacial score (nSPS) is 11.4. The maximum absolute atomic E-state index is 13.7. The van der Waals surface area contributed by atoms with E-state index in [0.29, 0.717) is 11.1 Å². The monoisotopic (exact) mass is 509 g/mol. The number of carbonyl (C=O) groups is 2. The Balaban J connectivity index is 1.72. The van der Waals surface area contributed by atoms with E-state index < -0.39 is 5.69 Å². The molecule has 0 unspecified atom stereocenters. The summed E-state index contributed by atoms with van der Waals surface area (Å²) in [5.41, 5.74) is 2.02. The van der Waals surface area contributed by atoms with Crippen LogP contribution in [0.5, 0.6) is 0 Å². The van der Waals surface area contributed by atoms with E-state index >= 15 is 0 Å². The molecule has 1 amide bonds. The molecule has 0 radical (unpaired) electrons. The minimum Gasteiger partial charge on any atom is -0.350 e. The van der Waals surface area contributed by atoms with Crippen molar-refractivity contribution < 1.29 is 9.59 Å². The Morgan fingerprint density at radius 3 is 2.32 bits per heavy atom. The fourth-order valence-corrected chi connectivity index (χ4v) is 4.38. The molecule has 0 spiro atoms. The van der Waals surface area contributed by atoms with Gasteiger partial charge >= 0.3 is 5.69 Å². The molecule has 38 heavy (non-hydrogen) atoms. The van der Waals surface area contributed by atoms with Gasteiger partial charge in [0, 0.05) is 17.2 Å². The molecular weight excluding hydrogens is 482 g/mol. The Kier molecular flexibility index (Phi) is 6.50.